The monoisotopic (exact) mass is 407 g/mol. The molecule has 1 amide bonds. The fourth-order valence-corrected chi connectivity index (χ4v) is 2.99. The molecule has 2 nitrogen and oxygen atoms in total. The molecular formula is C19H22INO. The van der Waals surface area contributed by atoms with Gasteiger partial charge in [0.1, 0.15) is 0 Å². The van der Waals surface area contributed by atoms with E-state index in [1.807, 2.05) is 25.1 Å². The van der Waals surface area contributed by atoms with Crippen molar-refractivity contribution in [2.75, 3.05) is 6.54 Å². The van der Waals surface area contributed by atoms with Gasteiger partial charge >= 0.3 is 0 Å². The maximum atomic E-state index is 12.4. The molecule has 0 bridgehead atoms. The van der Waals surface area contributed by atoms with Gasteiger partial charge in [0.2, 0.25) is 0 Å². The lowest BCUT2D eigenvalue weighted by atomic mass is 9.84. The number of nitrogens with one attached hydrogen (secondary N) is 1. The second kappa shape index (κ2) is 6.82. The Labute approximate surface area is 146 Å². The molecule has 116 valence electrons. The van der Waals surface area contributed by atoms with Gasteiger partial charge in [0, 0.05) is 15.5 Å². The summed E-state index contributed by atoms with van der Waals surface area (Å²) in [5.41, 5.74) is 4.26. The quantitative estimate of drug-likeness (QED) is 0.737. The molecule has 0 unspecified atom stereocenters. The minimum Gasteiger partial charge on any atom is -0.351 e. The molecule has 3 heteroatoms. The van der Waals surface area contributed by atoms with E-state index < -0.39 is 0 Å². The van der Waals surface area contributed by atoms with Crippen LogP contribution in [-0.4, -0.2) is 12.5 Å². The summed E-state index contributed by atoms with van der Waals surface area (Å²) in [5, 5.41) is 3.08. The van der Waals surface area contributed by atoms with E-state index in [1.54, 1.807) is 0 Å². The zero-order valence-corrected chi connectivity index (χ0v) is 15.7. The van der Waals surface area contributed by atoms with Gasteiger partial charge in [-0.1, -0.05) is 55.8 Å². The number of hydrogen-bond acceptors (Lipinski definition) is 1. The summed E-state index contributed by atoms with van der Waals surface area (Å²) in [5.74, 6) is -0.00571. The third-order valence-electron chi connectivity index (χ3n) is 3.93. The summed E-state index contributed by atoms with van der Waals surface area (Å²) in [6.07, 6.45) is 0. The summed E-state index contributed by atoms with van der Waals surface area (Å²) in [7, 11) is 0. The summed E-state index contributed by atoms with van der Waals surface area (Å²) in [6.45, 7) is 9.04. The number of benzene rings is 2. The predicted molar refractivity (Wildman–Crippen MR) is 100 cm³/mol. The average molecular weight is 407 g/mol. The standard InChI is InChI=1S/C19H22INO/c1-13-7-5-9-15(11-13)19(3,4)12-21-18(22)16-10-6-8-14(2)17(16)20/h5-11H,12H2,1-4H3,(H,21,22). The molecule has 0 aromatic heterocycles. The van der Waals surface area contributed by atoms with Gasteiger partial charge in [-0.25, -0.2) is 0 Å². The maximum Gasteiger partial charge on any atom is 0.252 e. The highest BCUT2D eigenvalue weighted by atomic mass is 127. The lowest BCUT2D eigenvalue weighted by molar-refractivity contribution is 0.0944. The van der Waals surface area contributed by atoms with Gasteiger partial charge in [-0.3, -0.25) is 4.79 Å². The molecule has 0 radical (unpaired) electrons. The fourth-order valence-electron chi connectivity index (χ4n) is 2.39. The van der Waals surface area contributed by atoms with E-state index in [2.05, 4.69) is 72.9 Å². The Morgan fingerprint density at radius 2 is 1.82 bits per heavy atom. The van der Waals surface area contributed by atoms with Crippen molar-refractivity contribution in [1.29, 1.82) is 0 Å². The third-order valence-corrected chi connectivity index (χ3v) is 5.36. The molecule has 2 aromatic rings. The summed E-state index contributed by atoms with van der Waals surface area (Å²) in [4.78, 5) is 12.4. The number of rotatable bonds is 4. The molecule has 0 aliphatic rings. The van der Waals surface area contributed by atoms with E-state index in [9.17, 15) is 4.79 Å². The topological polar surface area (TPSA) is 29.1 Å². The van der Waals surface area contributed by atoms with E-state index in [0.29, 0.717) is 6.54 Å². The van der Waals surface area contributed by atoms with Crippen LogP contribution >= 0.6 is 22.6 Å². The van der Waals surface area contributed by atoms with Gasteiger partial charge in [-0.15, -0.1) is 0 Å². The highest BCUT2D eigenvalue weighted by molar-refractivity contribution is 14.1. The van der Waals surface area contributed by atoms with Crippen molar-refractivity contribution in [3.05, 3.63) is 68.3 Å². The Bertz CT molecular complexity index is 692. The first-order chi connectivity index (χ1) is 10.3. The van der Waals surface area contributed by atoms with Crippen molar-refractivity contribution in [3.63, 3.8) is 0 Å². The number of hydrogen-bond donors (Lipinski definition) is 1. The molecule has 0 saturated heterocycles. The molecule has 0 saturated carbocycles. The summed E-state index contributed by atoms with van der Waals surface area (Å²) < 4.78 is 1.02. The minimum atomic E-state index is -0.100. The summed E-state index contributed by atoms with van der Waals surface area (Å²) in [6, 6.07) is 14.3. The van der Waals surface area contributed by atoms with E-state index in [0.717, 1.165) is 14.7 Å². The molecule has 0 fully saturated rings. The van der Waals surface area contributed by atoms with E-state index in [-0.39, 0.29) is 11.3 Å². The molecule has 22 heavy (non-hydrogen) atoms. The fraction of sp³-hybridized carbons (Fsp3) is 0.316. The Morgan fingerprint density at radius 1 is 1.14 bits per heavy atom. The highest BCUT2D eigenvalue weighted by Gasteiger charge is 2.22. The number of amides is 1. The van der Waals surface area contributed by atoms with Crippen LogP contribution in [0.3, 0.4) is 0 Å². The van der Waals surface area contributed by atoms with Gasteiger partial charge in [0.25, 0.3) is 5.91 Å². The van der Waals surface area contributed by atoms with Crippen LogP contribution in [-0.2, 0) is 5.41 Å². The van der Waals surface area contributed by atoms with Crippen LogP contribution in [0, 0.1) is 17.4 Å². The number of carbonyl (C=O) groups excluding carboxylic acids is 1. The van der Waals surface area contributed by atoms with Crippen molar-refractivity contribution in [2.45, 2.75) is 33.1 Å². The minimum absolute atomic E-state index is 0.00571. The maximum absolute atomic E-state index is 12.4. The molecule has 0 spiro atoms. The van der Waals surface area contributed by atoms with Crippen LogP contribution in [0.4, 0.5) is 0 Å². The molecular weight excluding hydrogens is 385 g/mol. The Kier molecular flexibility index (Phi) is 5.27. The average Bonchev–Trinajstić information content (AvgIpc) is 2.48. The van der Waals surface area contributed by atoms with Crippen molar-refractivity contribution >= 4 is 28.5 Å². The van der Waals surface area contributed by atoms with E-state index in [4.69, 9.17) is 0 Å². The highest BCUT2D eigenvalue weighted by Crippen LogP contribution is 2.23. The second-order valence-electron chi connectivity index (χ2n) is 6.37. The van der Waals surface area contributed by atoms with Gasteiger partial charge in [0.15, 0.2) is 0 Å². The number of aryl methyl sites for hydroxylation is 2. The first kappa shape index (κ1) is 17.0. The van der Waals surface area contributed by atoms with Crippen LogP contribution in [0.15, 0.2) is 42.5 Å². The zero-order chi connectivity index (χ0) is 16.3. The normalized spacial score (nSPS) is 11.3. The third kappa shape index (κ3) is 3.88. The van der Waals surface area contributed by atoms with Crippen molar-refractivity contribution < 1.29 is 4.79 Å². The van der Waals surface area contributed by atoms with Crippen molar-refractivity contribution in [3.8, 4) is 0 Å². The Balaban J connectivity index is 2.11. The SMILES string of the molecule is Cc1cccc(C(C)(C)CNC(=O)c2cccc(C)c2I)c1. The van der Waals surface area contributed by atoms with Crippen LogP contribution in [0.2, 0.25) is 0 Å². The zero-order valence-electron chi connectivity index (χ0n) is 13.5. The van der Waals surface area contributed by atoms with Crippen molar-refractivity contribution in [2.24, 2.45) is 0 Å². The second-order valence-corrected chi connectivity index (χ2v) is 7.45. The molecule has 2 aromatic carbocycles. The molecule has 0 heterocycles. The van der Waals surface area contributed by atoms with Crippen molar-refractivity contribution in [1.82, 2.24) is 5.32 Å². The van der Waals surface area contributed by atoms with Crippen LogP contribution in [0.25, 0.3) is 0 Å². The lowest BCUT2D eigenvalue weighted by Gasteiger charge is -2.26. The van der Waals surface area contributed by atoms with E-state index in [1.165, 1.54) is 11.1 Å². The van der Waals surface area contributed by atoms with E-state index >= 15 is 0 Å². The largest absolute Gasteiger partial charge is 0.351 e. The van der Waals surface area contributed by atoms with Gasteiger partial charge in [0.05, 0.1) is 5.56 Å². The Hall–Kier alpha value is -1.36. The van der Waals surface area contributed by atoms with Crippen LogP contribution in [0.1, 0.15) is 40.9 Å². The number of halogens is 1. The first-order valence-corrected chi connectivity index (χ1v) is 8.49. The predicted octanol–water partition coefficient (Wildman–Crippen LogP) is 4.62. The molecule has 0 aliphatic carbocycles. The molecule has 2 rings (SSSR count). The smallest absolute Gasteiger partial charge is 0.252 e. The first-order valence-electron chi connectivity index (χ1n) is 7.42. The van der Waals surface area contributed by atoms with Gasteiger partial charge in [-0.2, -0.15) is 0 Å². The van der Waals surface area contributed by atoms with Crippen LogP contribution in [0.5, 0.6) is 0 Å². The number of carbonyl (C=O) groups is 1. The van der Waals surface area contributed by atoms with Gasteiger partial charge in [-0.05, 0) is 53.6 Å². The molecule has 0 atom stereocenters. The molecule has 0 aliphatic heterocycles. The van der Waals surface area contributed by atoms with Crippen LogP contribution < -0.4 is 5.32 Å². The van der Waals surface area contributed by atoms with Gasteiger partial charge < -0.3 is 5.32 Å². The summed E-state index contributed by atoms with van der Waals surface area (Å²) >= 11 is 2.24. The lowest BCUT2D eigenvalue weighted by Crippen LogP contribution is -2.37. The molecule has 1 N–H and O–H groups in total. The Morgan fingerprint density at radius 3 is 2.50 bits per heavy atom.